The van der Waals surface area contributed by atoms with Crippen LogP contribution in [0.3, 0.4) is 0 Å². The van der Waals surface area contributed by atoms with Crippen molar-refractivity contribution in [2.75, 3.05) is 32.1 Å². The number of rotatable bonds is 18. The molecule has 2 unspecified atom stereocenters. The van der Waals surface area contributed by atoms with Crippen LogP contribution >= 0.6 is 11.3 Å². The van der Waals surface area contributed by atoms with Gasteiger partial charge in [0, 0.05) is 6.54 Å². The summed E-state index contributed by atoms with van der Waals surface area (Å²) in [4.78, 5) is 19.0. The number of esters is 1. The van der Waals surface area contributed by atoms with Gasteiger partial charge in [0.1, 0.15) is 16.6 Å². The lowest BCUT2D eigenvalue weighted by atomic mass is 10.1. The second-order valence-corrected chi connectivity index (χ2v) is 13.6. The summed E-state index contributed by atoms with van der Waals surface area (Å²) >= 11 is 0.884. The fraction of sp³-hybridized carbons (Fsp3) is 0.586. The molecule has 3 rings (SSSR count). The minimum absolute atomic E-state index is 0.0286. The van der Waals surface area contributed by atoms with Crippen molar-refractivity contribution in [3.8, 4) is 5.75 Å². The molecule has 0 radical (unpaired) electrons. The maximum atomic E-state index is 14.2. The van der Waals surface area contributed by atoms with E-state index in [-0.39, 0.29) is 34.9 Å². The highest BCUT2D eigenvalue weighted by Crippen LogP contribution is 2.37. The third-order valence-corrected chi connectivity index (χ3v) is 10.3. The van der Waals surface area contributed by atoms with Gasteiger partial charge in [-0.15, -0.1) is 6.58 Å². The van der Waals surface area contributed by atoms with Crippen LogP contribution in [0.5, 0.6) is 5.75 Å². The summed E-state index contributed by atoms with van der Waals surface area (Å²) in [7, 11) is -3.54. The Labute approximate surface area is 242 Å². The Kier molecular flexibility index (Phi) is 12.6. The molecule has 1 aromatic carbocycles. The molecular formula is C29H43N3O6S2. The molecule has 0 bridgehead atoms. The van der Waals surface area contributed by atoms with E-state index in [9.17, 15) is 18.4 Å². The van der Waals surface area contributed by atoms with Gasteiger partial charge < -0.3 is 14.7 Å². The van der Waals surface area contributed by atoms with Crippen LogP contribution in [0.2, 0.25) is 0 Å². The Morgan fingerprint density at radius 2 is 1.95 bits per heavy atom. The first-order valence-electron chi connectivity index (χ1n) is 14.2. The number of hydrogen-bond donors (Lipinski definition) is 0. The van der Waals surface area contributed by atoms with Crippen molar-refractivity contribution >= 4 is 32.3 Å². The second kappa shape index (κ2) is 15.6. The molecule has 1 aliphatic heterocycles. The van der Waals surface area contributed by atoms with Crippen molar-refractivity contribution in [2.24, 2.45) is 0 Å². The largest absolute Gasteiger partial charge is 0.622 e. The molecule has 1 aliphatic rings. The SMILES string of the molecule is C=CCc1cccc(OCC(=O)OC2CN(CCCCCC)C[N+]2([O-])c2ncc(S(=O)(=O)CCCCCC)s2)c1. The van der Waals surface area contributed by atoms with Crippen molar-refractivity contribution in [3.63, 3.8) is 0 Å². The Balaban J connectivity index is 1.71. The lowest BCUT2D eigenvalue weighted by molar-refractivity contribution is -0.155. The molecule has 0 amide bonds. The number of thiazole rings is 1. The van der Waals surface area contributed by atoms with Crippen molar-refractivity contribution < 1.29 is 22.7 Å². The molecule has 0 spiro atoms. The normalized spacial score (nSPS) is 19.5. The molecule has 40 heavy (non-hydrogen) atoms. The van der Waals surface area contributed by atoms with E-state index in [4.69, 9.17) is 9.47 Å². The lowest BCUT2D eigenvalue weighted by Gasteiger charge is -2.38. The van der Waals surface area contributed by atoms with Crippen LogP contribution in [0.1, 0.15) is 70.8 Å². The number of carbonyl (C=O) groups excluding carboxylic acids is 1. The van der Waals surface area contributed by atoms with Crippen molar-refractivity contribution in [3.05, 3.63) is 53.9 Å². The molecular weight excluding hydrogens is 550 g/mol. The molecule has 0 aliphatic carbocycles. The summed E-state index contributed by atoms with van der Waals surface area (Å²) in [5.41, 5.74) is 1.01. The molecule has 9 nitrogen and oxygen atoms in total. The van der Waals surface area contributed by atoms with Gasteiger partial charge in [-0.1, -0.05) is 70.6 Å². The van der Waals surface area contributed by atoms with Gasteiger partial charge in [-0.05, 0) is 48.3 Å². The highest BCUT2D eigenvalue weighted by atomic mass is 32.2. The minimum atomic E-state index is -3.54. The zero-order valence-corrected chi connectivity index (χ0v) is 25.4. The van der Waals surface area contributed by atoms with E-state index < -0.39 is 26.7 Å². The highest BCUT2D eigenvalue weighted by molar-refractivity contribution is 7.93. The second-order valence-electron chi connectivity index (χ2n) is 10.3. The number of aromatic nitrogens is 1. The Bertz CT molecular complexity index is 1200. The molecule has 1 fully saturated rings. The van der Waals surface area contributed by atoms with E-state index in [1.807, 2.05) is 23.1 Å². The number of benzene rings is 1. The van der Waals surface area contributed by atoms with Gasteiger partial charge in [-0.2, -0.15) is 4.98 Å². The van der Waals surface area contributed by atoms with Gasteiger partial charge in [0.25, 0.3) is 11.4 Å². The number of hydrogen-bond acceptors (Lipinski definition) is 9. The van der Waals surface area contributed by atoms with E-state index in [0.717, 1.165) is 61.8 Å². The average Bonchev–Trinajstić information content (AvgIpc) is 3.55. The van der Waals surface area contributed by atoms with Crippen molar-refractivity contribution in [1.82, 2.24) is 14.5 Å². The molecule has 2 atom stereocenters. The first-order valence-corrected chi connectivity index (χ1v) is 16.7. The number of hydroxylamine groups is 2. The van der Waals surface area contributed by atoms with Crippen LogP contribution in [0, 0.1) is 5.21 Å². The number of allylic oxidation sites excluding steroid dienone is 1. The first-order chi connectivity index (χ1) is 19.2. The van der Waals surface area contributed by atoms with Gasteiger partial charge in [-0.3, -0.25) is 4.65 Å². The number of quaternary nitrogens is 1. The monoisotopic (exact) mass is 593 g/mol. The number of nitrogens with zero attached hydrogens (tertiary/aromatic N) is 3. The summed E-state index contributed by atoms with van der Waals surface area (Å²) in [6.45, 7) is 8.58. The maximum absolute atomic E-state index is 14.2. The van der Waals surface area contributed by atoms with Gasteiger partial charge in [0.2, 0.25) is 0 Å². The van der Waals surface area contributed by atoms with Gasteiger partial charge in [0.05, 0.1) is 18.5 Å². The highest BCUT2D eigenvalue weighted by Gasteiger charge is 2.46. The number of ether oxygens (including phenoxy) is 2. The van der Waals surface area contributed by atoms with E-state index in [0.29, 0.717) is 25.1 Å². The molecule has 222 valence electrons. The van der Waals surface area contributed by atoms with Crippen LogP contribution < -0.4 is 9.38 Å². The van der Waals surface area contributed by atoms with Crippen molar-refractivity contribution in [2.45, 2.75) is 82.1 Å². The fourth-order valence-corrected chi connectivity index (χ4v) is 7.38. The Morgan fingerprint density at radius 3 is 2.67 bits per heavy atom. The van der Waals surface area contributed by atoms with E-state index in [1.165, 1.54) is 6.20 Å². The summed E-state index contributed by atoms with van der Waals surface area (Å²) in [6, 6.07) is 7.36. The summed E-state index contributed by atoms with van der Waals surface area (Å²) < 4.78 is 36.1. The van der Waals surface area contributed by atoms with Crippen LogP contribution in [-0.4, -0.2) is 62.6 Å². The third kappa shape index (κ3) is 9.10. The molecule has 2 aromatic rings. The predicted molar refractivity (Wildman–Crippen MR) is 160 cm³/mol. The summed E-state index contributed by atoms with van der Waals surface area (Å²) in [6.07, 6.45) is 10.3. The quantitative estimate of drug-likeness (QED) is 0.0698. The number of carbonyl (C=O) groups is 1. The molecule has 11 heteroatoms. The smallest absolute Gasteiger partial charge is 0.348 e. The zero-order valence-electron chi connectivity index (χ0n) is 23.8. The Hall–Kier alpha value is -2.31. The molecule has 0 N–H and O–H groups in total. The number of sulfone groups is 1. The van der Waals surface area contributed by atoms with E-state index in [2.05, 4.69) is 25.4 Å². The molecule has 0 saturated carbocycles. The predicted octanol–water partition coefficient (Wildman–Crippen LogP) is 5.83. The summed E-state index contributed by atoms with van der Waals surface area (Å²) in [5, 5.41) is 14.3. The van der Waals surface area contributed by atoms with Crippen LogP contribution in [-0.2, 0) is 25.8 Å². The lowest BCUT2D eigenvalue weighted by Crippen LogP contribution is -2.51. The van der Waals surface area contributed by atoms with Crippen LogP contribution in [0.25, 0.3) is 0 Å². The average molecular weight is 594 g/mol. The third-order valence-electron chi connectivity index (χ3n) is 6.89. The van der Waals surface area contributed by atoms with Crippen LogP contribution in [0.15, 0.2) is 47.3 Å². The number of unbranched alkanes of at least 4 members (excludes halogenated alkanes) is 6. The topological polar surface area (TPSA) is 109 Å². The standard InChI is InChI=1S/C29H43N3O6S2/c1-4-7-9-11-17-31-21-26(38-27(33)22-37-25-16-13-15-24(19-25)14-6-3)32(34,23-31)29-30-20-28(39-29)40(35,36)18-12-10-8-5-2/h6,13,15-16,19-20,26H,3-5,7-12,14,17-18,21-23H2,1-2H3. The zero-order chi connectivity index (χ0) is 29.0. The maximum Gasteiger partial charge on any atom is 0.348 e. The molecule has 1 saturated heterocycles. The minimum Gasteiger partial charge on any atom is -0.622 e. The fourth-order valence-electron chi connectivity index (χ4n) is 4.67. The van der Waals surface area contributed by atoms with Gasteiger partial charge in [-0.25, -0.2) is 18.1 Å². The van der Waals surface area contributed by atoms with E-state index >= 15 is 0 Å². The van der Waals surface area contributed by atoms with Crippen LogP contribution in [0.4, 0.5) is 5.13 Å². The van der Waals surface area contributed by atoms with E-state index in [1.54, 1.807) is 12.1 Å². The molecule has 1 aromatic heterocycles. The first kappa shape index (κ1) is 32.2. The summed E-state index contributed by atoms with van der Waals surface area (Å²) in [5.74, 6) is -0.108. The Morgan fingerprint density at radius 1 is 1.20 bits per heavy atom. The van der Waals surface area contributed by atoms with Gasteiger partial charge >= 0.3 is 5.97 Å². The van der Waals surface area contributed by atoms with Gasteiger partial charge in [0.15, 0.2) is 16.4 Å². The molecule has 2 heterocycles. The van der Waals surface area contributed by atoms with Crippen molar-refractivity contribution in [1.29, 1.82) is 0 Å².